The van der Waals surface area contributed by atoms with Crippen LogP contribution in [0.3, 0.4) is 0 Å². The maximum absolute atomic E-state index is 14.1. The first-order valence-electron chi connectivity index (χ1n) is 6.40. The highest BCUT2D eigenvalue weighted by atomic mass is 35.5. The molecule has 0 fully saturated rings. The van der Waals surface area contributed by atoms with E-state index in [0.29, 0.717) is 21.7 Å². The third-order valence-electron chi connectivity index (χ3n) is 3.26. The number of hydrogen-bond acceptors (Lipinski definition) is 4. The van der Waals surface area contributed by atoms with Crippen molar-refractivity contribution >= 4 is 28.3 Å². The molecule has 0 aliphatic carbocycles. The fourth-order valence-corrected chi connectivity index (χ4v) is 2.46. The predicted molar refractivity (Wildman–Crippen MR) is 83.5 cm³/mol. The number of aromatic hydroxyl groups is 1. The van der Waals surface area contributed by atoms with Gasteiger partial charge < -0.3 is 10.4 Å². The van der Waals surface area contributed by atoms with Crippen LogP contribution < -0.4 is 11.0 Å². The van der Waals surface area contributed by atoms with Crippen molar-refractivity contribution in [2.45, 2.75) is 0 Å². The zero-order chi connectivity index (χ0) is 15.9. The summed E-state index contributed by atoms with van der Waals surface area (Å²) >= 11 is 6.00. The second kappa shape index (κ2) is 5.31. The Bertz CT molecular complexity index is 940. The summed E-state index contributed by atoms with van der Waals surface area (Å²) in [6.07, 6.45) is 0. The van der Waals surface area contributed by atoms with Crippen molar-refractivity contribution in [3.8, 4) is 11.4 Å². The van der Waals surface area contributed by atoms with E-state index in [1.807, 2.05) is 0 Å². The van der Waals surface area contributed by atoms with Crippen LogP contribution >= 0.6 is 11.6 Å². The molecule has 0 unspecified atom stereocenters. The van der Waals surface area contributed by atoms with Gasteiger partial charge in [-0.05, 0) is 30.3 Å². The van der Waals surface area contributed by atoms with Gasteiger partial charge in [-0.25, -0.2) is 9.18 Å². The number of benzene rings is 2. The van der Waals surface area contributed by atoms with E-state index >= 15 is 0 Å². The van der Waals surface area contributed by atoms with Crippen molar-refractivity contribution in [3.05, 3.63) is 57.7 Å². The smallest absolute Gasteiger partial charge is 0.354 e. The lowest BCUT2D eigenvalue weighted by Crippen LogP contribution is -2.23. The zero-order valence-corrected chi connectivity index (χ0v) is 12.2. The predicted octanol–water partition coefficient (Wildman–Crippen LogP) is 2.93. The van der Waals surface area contributed by atoms with Gasteiger partial charge in [0.1, 0.15) is 17.4 Å². The summed E-state index contributed by atoms with van der Waals surface area (Å²) < 4.78 is 15.2. The molecule has 5 nitrogen and oxygen atoms in total. The van der Waals surface area contributed by atoms with Crippen molar-refractivity contribution in [1.82, 2.24) is 9.55 Å². The second-order valence-corrected chi connectivity index (χ2v) is 5.06. The minimum atomic E-state index is -0.677. The van der Waals surface area contributed by atoms with Crippen LogP contribution in [0.4, 0.5) is 10.2 Å². The molecule has 3 rings (SSSR count). The van der Waals surface area contributed by atoms with Crippen LogP contribution in [-0.2, 0) is 0 Å². The van der Waals surface area contributed by atoms with E-state index in [9.17, 15) is 14.3 Å². The number of aromatic nitrogens is 2. The molecule has 22 heavy (non-hydrogen) atoms. The molecule has 0 aliphatic rings. The number of rotatable bonds is 2. The van der Waals surface area contributed by atoms with Gasteiger partial charge in [0.05, 0.1) is 11.2 Å². The molecule has 0 atom stereocenters. The summed E-state index contributed by atoms with van der Waals surface area (Å²) in [5.41, 5.74) is -0.377. The Labute approximate surface area is 129 Å². The van der Waals surface area contributed by atoms with E-state index in [-0.39, 0.29) is 11.4 Å². The SMILES string of the molecule is CNc1nc(=O)n(-c2cc(O)ccc2F)c2cc(Cl)ccc12. The van der Waals surface area contributed by atoms with Crippen molar-refractivity contribution in [2.24, 2.45) is 0 Å². The Morgan fingerprint density at radius 1 is 1.27 bits per heavy atom. The molecule has 112 valence electrons. The van der Waals surface area contributed by atoms with E-state index < -0.39 is 11.5 Å². The maximum Gasteiger partial charge on any atom is 0.354 e. The Balaban J connectivity index is 2.48. The van der Waals surface area contributed by atoms with E-state index in [1.165, 1.54) is 6.07 Å². The highest BCUT2D eigenvalue weighted by molar-refractivity contribution is 6.31. The Morgan fingerprint density at radius 2 is 2.05 bits per heavy atom. The van der Waals surface area contributed by atoms with Crippen LogP contribution in [0.2, 0.25) is 5.02 Å². The minimum absolute atomic E-state index is 0.0904. The Kier molecular flexibility index (Phi) is 3.46. The number of nitrogens with one attached hydrogen (secondary N) is 1. The van der Waals surface area contributed by atoms with Crippen LogP contribution in [0.15, 0.2) is 41.2 Å². The van der Waals surface area contributed by atoms with Crippen molar-refractivity contribution in [1.29, 1.82) is 0 Å². The number of phenols is 1. The van der Waals surface area contributed by atoms with Crippen LogP contribution in [0.25, 0.3) is 16.6 Å². The van der Waals surface area contributed by atoms with Crippen molar-refractivity contribution in [3.63, 3.8) is 0 Å². The van der Waals surface area contributed by atoms with Gasteiger partial charge in [0, 0.05) is 23.5 Å². The Morgan fingerprint density at radius 3 is 2.77 bits per heavy atom. The quantitative estimate of drug-likeness (QED) is 0.762. The van der Waals surface area contributed by atoms with Gasteiger partial charge >= 0.3 is 5.69 Å². The standard InChI is InChI=1S/C15H11ClFN3O2/c1-18-14-10-4-2-8(16)6-12(10)20(15(22)19-14)13-7-9(21)3-5-11(13)17/h2-7,21H,1H3,(H,18,19,22). The maximum atomic E-state index is 14.1. The number of anilines is 1. The van der Waals surface area contributed by atoms with Gasteiger partial charge in [0.15, 0.2) is 0 Å². The molecule has 0 amide bonds. The van der Waals surface area contributed by atoms with Crippen LogP contribution in [0, 0.1) is 5.82 Å². The average Bonchev–Trinajstić information content (AvgIpc) is 2.49. The lowest BCUT2D eigenvalue weighted by atomic mass is 10.2. The van der Waals surface area contributed by atoms with E-state index in [2.05, 4.69) is 10.3 Å². The molecular formula is C15H11ClFN3O2. The summed E-state index contributed by atoms with van der Waals surface area (Å²) in [6, 6.07) is 8.34. The highest BCUT2D eigenvalue weighted by Crippen LogP contribution is 2.27. The van der Waals surface area contributed by atoms with Gasteiger partial charge in [-0.2, -0.15) is 4.98 Å². The van der Waals surface area contributed by atoms with Gasteiger partial charge in [-0.1, -0.05) is 11.6 Å². The summed E-state index contributed by atoms with van der Waals surface area (Å²) in [5, 5.41) is 13.4. The van der Waals surface area contributed by atoms with Crippen molar-refractivity contribution < 1.29 is 9.50 Å². The normalized spacial score (nSPS) is 10.9. The summed E-state index contributed by atoms with van der Waals surface area (Å²) in [4.78, 5) is 16.2. The molecule has 0 spiro atoms. The van der Waals surface area contributed by atoms with Crippen molar-refractivity contribution in [2.75, 3.05) is 12.4 Å². The fourth-order valence-electron chi connectivity index (χ4n) is 2.29. The van der Waals surface area contributed by atoms with E-state index in [4.69, 9.17) is 11.6 Å². The monoisotopic (exact) mass is 319 g/mol. The van der Waals surface area contributed by atoms with Gasteiger partial charge in [-0.3, -0.25) is 4.57 Å². The third kappa shape index (κ3) is 2.27. The van der Waals surface area contributed by atoms with Gasteiger partial charge in [0.25, 0.3) is 0 Å². The number of halogens is 2. The molecule has 2 aromatic carbocycles. The summed E-state index contributed by atoms with van der Waals surface area (Å²) in [6.45, 7) is 0. The third-order valence-corrected chi connectivity index (χ3v) is 3.50. The molecule has 0 bridgehead atoms. The first kappa shape index (κ1) is 14.3. The molecule has 1 aromatic heterocycles. The van der Waals surface area contributed by atoms with Crippen LogP contribution in [-0.4, -0.2) is 21.7 Å². The number of phenolic OH excluding ortho intramolecular Hbond substituents is 1. The zero-order valence-electron chi connectivity index (χ0n) is 11.5. The lowest BCUT2D eigenvalue weighted by molar-refractivity contribution is 0.472. The molecule has 0 saturated heterocycles. The fraction of sp³-hybridized carbons (Fsp3) is 0.0667. The largest absolute Gasteiger partial charge is 0.508 e. The van der Waals surface area contributed by atoms with Crippen LogP contribution in [0.1, 0.15) is 0 Å². The number of hydrogen-bond donors (Lipinski definition) is 2. The van der Waals surface area contributed by atoms with Gasteiger partial charge in [0.2, 0.25) is 0 Å². The molecule has 2 N–H and O–H groups in total. The highest BCUT2D eigenvalue weighted by Gasteiger charge is 2.15. The summed E-state index contributed by atoms with van der Waals surface area (Å²) in [5.74, 6) is -0.440. The van der Waals surface area contributed by atoms with Gasteiger partial charge in [-0.15, -0.1) is 0 Å². The van der Waals surface area contributed by atoms with E-state index in [0.717, 1.165) is 16.7 Å². The molecule has 3 aromatic rings. The van der Waals surface area contributed by atoms with Crippen LogP contribution in [0.5, 0.6) is 5.75 Å². The molecule has 0 radical (unpaired) electrons. The molecule has 0 aliphatic heterocycles. The first-order chi connectivity index (χ1) is 10.5. The molecule has 7 heteroatoms. The first-order valence-corrected chi connectivity index (χ1v) is 6.78. The molecule has 1 heterocycles. The number of fused-ring (bicyclic) bond motifs is 1. The molecule has 0 saturated carbocycles. The molecular weight excluding hydrogens is 309 g/mol. The summed E-state index contributed by atoms with van der Waals surface area (Å²) in [7, 11) is 1.63. The average molecular weight is 320 g/mol. The second-order valence-electron chi connectivity index (χ2n) is 4.63. The Hall–Kier alpha value is -2.60. The lowest BCUT2D eigenvalue weighted by Gasteiger charge is -2.13. The number of nitrogens with zero attached hydrogens (tertiary/aromatic N) is 2. The van der Waals surface area contributed by atoms with E-state index in [1.54, 1.807) is 25.2 Å². The topological polar surface area (TPSA) is 67.2 Å². The minimum Gasteiger partial charge on any atom is -0.508 e.